The third-order valence-corrected chi connectivity index (χ3v) is 5.98. The fraction of sp³-hybridized carbons (Fsp3) is 0.364. The van der Waals surface area contributed by atoms with Crippen molar-refractivity contribution in [2.45, 2.75) is 26.8 Å². The first-order valence-corrected chi connectivity index (χ1v) is 10.6. The topological polar surface area (TPSA) is 100 Å². The van der Waals surface area contributed by atoms with Gasteiger partial charge in [0.25, 0.3) is 5.91 Å². The number of carbonyl (C=O) groups is 3. The summed E-state index contributed by atoms with van der Waals surface area (Å²) in [6.45, 7) is 5.73. The van der Waals surface area contributed by atoms with Gasteiger partial charge in [0.2, 0.25) is 5.78 Å². The number of aromatic nitrogens is 1. The number of hydrogen-bond acceptors (Lipinski definition) is 8. The molecule has 1 unspecified atom stereocenters. The molecule has 8 nitrogen and oxygen atoms in total. The minimum atomic E-state index is -0.756. The van der Waals surface area contributed by atoms with Gasteiger partial charge in [-0.05, 0) is 45.6 Å². The van der Waals surface area contributed by atoms with Gasteiger partial charge < -0.3 is 19.6 Å². The predicted molar refractivity (Wildman–Crippen MR) is 116 cm³/mol. The van der Waals surface area contributed by atoms with Crippen molar-refractivity contribution in [2.24, 2.45) is 0 Å². The number of aryl methyl sites for hydroxylation is 2. The van der Waals surface area contributed by atoms with E-state index in [1.54, 1.807) is 38.1 Å². The number of rotatable bonds is 7. The molecule has 0 saturated carbocycles. The molecule has 1 aliphatic rings. The molecule has 1 amide bonds. The van der Waals surface area contributed by atoms with E-state index in [1.807, 2.05) is 19.0 Å². The van der Waals surface area contributed by atoms with Crippen LogP contribution in [0.2, 0.25) is 0 Å². The van der Waals surface area contributed by atoms with Crippen molar-refractivity contribution in [3.8, 4) is 5.75 Å². The summed E-state index contributed by atoms with van der Waals surface area (Å²) in [5, 5.41) is 11.4. The maximum Gasteiger partial charge on any atom is 0.308 e. The highest BCUT2D eigenvalue weighted by molar-refractivity contribution is 7.14. The molecule has 0 aliphatic carbocycles. The van der Waals surface area contributed by atoms with E-state index in [-0.39, 0.29) is 5.57 Å². The number of aliphatic hydroxyl groups excluding tert-OH is 1. The molecule has 0 bridgehead atoms. The highest BCUT2D eigenvalue weighted by Gasteiger charge is 2.44. The number of thiazole rings is 1. The Hall–Kier alpha value is -3.04. The van der Waals surface area contributed by atoms with E-state index in [0.717, 1.165) is 5.01 Å². The Morgan fingerprint density at radius 1 is 1.23 bits per heavy atom. The molecule has 1 aromatic heterocycles. The van der Waals surface area contributed by atoms with E-state index in [2.05, 4.69) is 4.98 Å². The van der Waals surface area contributed by atoms with Gasteiger partial charge in [-0.15, -0.1) is 11.3 Å². The molecule has 1 aliphatic heterocycles. The van der Waals surface area contributed by atoms with E-state index >= 15 is 0 Å². The second-order valence-electron chi connectivity index (χ2n) is 7.61. The van der Waals surface area contributed by atoms with Crippen molar-refractivity contribution in [1.29, 1.82) is 0 Å². The van der Waals surface area contributed by atoms with Crippen molar-refractivity contribution in [3.63, 3.8) is 0 Å². The quantitative estimate of drug-likeness (QED) is 0.399. The summed E-state index contributed by atoms with van der Waals surface area (Å²) in [6.07, 6.45) is 0. The maximum absolute atomic E-state index is 13.4. The molecule has 0 saturated heterocycles. The Labute approximate surface area is 184 Å². The van der Waals surface area contributed by atoms with Crippen LogP contribution >= 0.6 is 11.3 Å². The smallest absolute Gasteiger partial charge is 0.308 e. The standard InChI is InChI=1S/C22H25N3O5S/c1-12-21(31-13(2)23-12)19(27)17-18(15-6-8-16(9-7-15)30-14(3)26)25(11-10-24(4)5)22(29)20(17)28/h6-9,18,28H,10-11H2,1-5H3. The Bertz CT molecular complexity index is 1060. The van der Waals surface area contributed by atoms with Gasteiger partial charge in [-0.25, -0.2) is 4.98 Å². The van der Waals surface area contributed by atoms with Gasteiger partial charge in [0, 0.05) is 20.0 Å². The van der Waals surface area contributed by atoms with Gasteiger partial charge in [-0.3, -0.25) is 14.4 Å². The zero-order valence-corrected chi connectivity index (χ0v) is 18.9. The molecule has 0 spiro atoms. The summed E-state index contributed by atoms with van der Waals surface area (Å²) in [4.78, 5) is 45.7. The molecule has 1 atom stereocenters. The molecule has 1 N–H and O–H groups in total. The monoisotopic (exact) mass is 443 g/mol. The fourth-order valence-corrected chi connectivity index (χ4v) is 4.39. The van der Waals surface area contributed by atoms with Crippen LogP contribution in [0.3, 0.4) is 0 Å². The Morgan fingerprint density at radius 2 is 1.87 bits per heavy atom. The Balaban J connectivity index is 2.05. The van der Waals surface area contributed by atoms with Crippen LogP contribution in [-0.4, -0.2) is 64.7 Å². The lowest BCUT2D eigenvalue weighted by molar-refractivity contribution is -0.132. The molecule has 9 heteroatoms. The molecule has 2 aromatic rings. The van der Waals surface area contributed by atoms with Crippen molar-refractivity contribution < 1.29 is 24.2 Å². The summed E-state index contributed by atoms with van der Waals surface area (Å²) in [5.41, 5.74) is 1.24. The number of aliphatic hydroxyl groups is 1. The third-order valence-electron chi connectivity index (χ3n) is 4.90. The number of Topliss-reactive ketones (excluding diaryl/α,β-unsaturated/α-hetero) is 1. The minimum Gasteiger partial charge on any atom is -0.503 e. The Morgan fingerprint density at radius 3 is 2.39 bits per heavy atom. The lowest BCUT2D eigenvalue weighted by atomic mass is 9.95. The van der Waals surface area contributed by atoms with Crippen molar-refractivity contribution in [2.75, 3.05) is 27.2 Å². The molecule has 3 rings (SSSR count). The molecule has 164 valence electrons. The molecule has 0 radical (unpaired) electrons. The lowest BCUT2D eigenvalue weighted by Crippen LogP contribution is -2.36. The third kappa shape index (κ3) is 4.67. The summed E-state index contributed by atoms with van der Waals surface area (Å²) >= 11 is 1.24. The number of likely N-dealkylation sites (N-methyl/N-ethyl adjacent to an activating group) is 1. The van der Waals surface area contributed by atoms with Crippen LogP contribution in [0.15, 0.2) is 35.6 Å². The molecular weight excluding hydrogens is 418 g/mol. The number of ether oxygens (including phenoxy) is 1. The van der Waals surface area contributed by atoms with E-state index in [9.17, 15) is 19.5 Å². The van der Waals surface area contributed by atoms with Crippen molar-refractivity contribution in [1.82, 2.24) is 14.8 Å². The summed E-state index contributed by atoms with van der Waals surface area (Å²) < 4.78 is 5.08. The van der Waals surface area contributed by atoms with Crippen LogP contribution in [0.1, 0.15) is 38.9 Å². The van der Waals surface area contributed by atoms with Gasteiger partial charge in [-0.2, -0.15) is 0 Å². The van der Waals surface area contributed by atoms with Crippen LogP contribution in [0.5, 0.6) is 5.75 Å². The number of amides is 1. The van der Waals surface area contributed by atoms with Gasteiger partial charge >= 0.3 is 5.97 Å². The first-order chi connectivity index (χ1) is 14.6. The SMILES string of the molecule is CC(=O)Oc1ccc(C2C(C(=O)c3sc(C)nc3C)=C(O)C(=O)N2CCN(C)C)cc1. The Kier molecular flexibility index (Phi) is 6.56. The van der Waals surface area contributed by atoms with Crippen LogP contribution < -0.4 is 4.74 Å². The van der Waals surface area contributed by atoms with Crippen LogP contribution in [-0.2, 0) is 9.59 Å². The largest absolute Gasteiger partial charge is 0.503 e. The summed E-state index contributed by atoms with van der Waals surface area (Å²) in [7, 11) is 3.76. The average Bonchev–Trinajstić information content (AvgIpc) is 3.16. The number of hydrogen-bond donors (Lipinski definition) is 1. The maximum atomic E-state index is 13.4. The highest BCUT2D eigenvalue weighted by Crippen LogP contribution is 2.40. The zero-order valence-electron chi connectivity index (χ0n) is 18.1. The normalized spacial score (nSPS) is 16.4. The summed E-state index contributed by atoms with van der Waals surface area (Å²) in [5.74, 6) is -1.62. The number of esters is 1. The second-order valence-corrected chi connectivity index (χ2v) is 8.81. The predicted octanol–water partition coefficient (Wildman–Crippen LogP) is 2.83. The molecule has 0 fully saturated rings. The van der Waals surface area contributed by atoms with E-state index in [0.29, 0.717) is 35.0 Å². The summed E-state index contributed by atoms with van der Waals surface area (Å²) in [6, 6.07) is 5.83. The lowest BCUT2D eigenvalue weighted by Gasteiger charge is -2.28. The van der Waals surface area contributed by atoms with Gasteiger partial charge in [-0.1, -0.05) is 12.1 Å². The molecule has 31 heavy (non-hydrogen) atoms. The van der Waals surface area contributed by atoms with Gasteiger partial charge in [0.15, 0.2) is 5.76 Å². The van der Waals surface area contributed by atoms with Crippen LogP contribution in [0.25, 0.3) is 0 Å². The van der Waals surface area contributed by atoms with E-state index < -0.39 is 29.5 Å². The second kappa shape index (κ2) is 8.99. The van der Waals surface area contributed by atoms with Gasteiger partial charge in [0.1, 0.15) is 5.75 Å². The zero-order chi connectivity index (χ0) is 22.9. The van der Waals surface area contributed by atoms with Crippen molar-refractivity contribution in [3.05, 3.63) is 56.7 Å². The number of carbonyl (C=O) groups excluding carboxylic acids is 3. The van der Waals surface area contributed by atoms with Crippen LogP contribution in [0.4, 0.5) is 0 Å². The fourth-order valence-electron chi connectivity index (χ4n) is 3.52. The number of benzene rings is 1. The van der Waals surface area contributed by atoms with Gasteiger partial charge in [0.05, 0.1) is 27.2 Å². The van der Waals surface area contributed by atoms with Crippen LogP contribution in [0, 0.1) is 13.8 Å². The molecule has 2 heterocycles. The first kappa shape index (κ1) is 22.6. The first-order valence-electron chi connectivity index (χ1n) is 9.76. The van der Waals surface area contributed by atoms with Crippen molar-refractivity contribution >= 4 is 29.0 Å². The number of ketones is 1. The highest BCUT2D eigenvalue weighted by atomic mass is 32.1. The number of nitrogens with zero attached hydrogens (tertiary/aromatic N) is 3. The van der Waals surface area contributed by atoms with E-state index in [1.165, 1.54) is 23.2 Å². The molecular formula is C22H25N3O5S. The molecule has 1 aromatic carbocycles. The minimum absolute atomic E-state index is 0.0377. The average molecular weight is 444 g/mol. The van der Waals surface area contributed by atoms with E-state index in [4.69, 9.17) is 4.74 Å².